The van der Waals surface area contributed by atoms with Crippen molar-refractivity contribution in [1.82, 2.24) is 14.7 Å². The Balaban J connectivity index is 2.30. The number of fused-ring (bicyclic) bond motifs is 1. The van der Waals surface area contributed by atoms with E-state index in [1.54, 1.807) is 12.1 Å². The predicted molar refractivity (Wildman–Crippen MR) is 75.4 cm³/mol. The Hall–Kier alpha value is -1.86. The van der Waals surface area contributed by atoms with Gasteiger partial charge < -0.3 is 0 Å². The third kappa shape index (κ3) is 3.12. The molecule has 0 spiro atoms. The maximum Gasteiger partial charge on any atom is 0.124 e. The second kappa shape index (κ2) is 5.85. The number of nitrogens with zero attached hydrogens (tertiary/aromatic N) is 3. The van der Waals surface area contributed by atoms with Crippen LogP contribution in [0, 0.1) is 17.7 Å². The van der Waals surface area contributed by atoms with E-state index in [0.29, 0.717) is 6.54 Å². The van der Waals surface area contributed by atoms with Gasteiger partial charge in [0, 0.05) is 5.39 Å². The van der Waals surface area contributed by atoms with Gasteiger partial charge >= 0.3 is 0 Å². The van der Waals surface area contributed by atoms with Crippen LogP contribution in [0.3, 0.4) is 0 Å². The van der Waals surface area contributed by atoms with Crippen molar-refractivity contribution in [3.8, 4) is 11.8 Å². The van der Waals surface area contributed by atoms with E-state index >= 15 is 0 Å². The average molecular weight is 259 g/mol. The van der Waals surface area contributed by atoms with Crippen LogP contribution in [-0.4, -0.2) is 35.3 Å². The molecule has 0 saturated heterocycles. The van der Waals surface area contributed by atoms with Crippen LogP contribution in [0.2, 0.25) is 0 Å². The number of benzene rings is 1. The molecule has 1 heterocycles. The lowest BCUT2D eigenvalue weighted by Gasteiger charge is -2.01. The molecule has 1 aromatic heterocycles. The Morgan fingerprint density at radius 1 is 1.32 bits per heavy atom. The zero-order valence-electron chi connectivity index (χ0n) is 11.6. The van der Waals surface area contributed by atoms with Crippen molar-refractivity contribution in [3.05, 3.63) is 29.7 Å². The number of hydrogen-bond acceptors (Lipinski definition) is 2. The highest BCUT2D eigenvalue weighted by Crippen LogP contribution is 2.20. The summed E-state index contributed by atoms with van der Waals surface area (Å²) >= 11 is 0. The van der Waals surface area contributed by atoms with Gasteiger partial charge in [0.2, 0.25) is 0 Å². The molecule has 3 nitrogen and oxygen atoms in total. The van der Waals surface area contributed by atoms with Gasteiger partial charge in [-0.25, -0.2) is 4.39 Å². The van der Waals surface area contributed by atoms with Gasteiger partial charge in [0.25, 0.3) is 0 Å². The summed E-state index contributed by atoms with van der Waals surface area (Å²) < 4.78 is 15.1. The monoisotopic (exact) mass is 259 g/mol. The molecule has 0 aliphatic rings. The Morgan fingerprint density at radius 2 is 2.11 bits per heavy atom. The molecule has 0 bridgehead atoms. The van der Waals surface area contributed by atoms with Crippen molar-refractivity contribution in [1.29, 1.82) is 0 Å². The fourth-order valence-electron chi connectivity index (χ4n) is 1.94. The van der Waals surface area contributed by atoms with Gasteiger partial charge in [0.05, 0.1) is 17.8 Å². The van der Waals surface area contributed by atoms with Crippen LogP contribution in [0.4, 0.5) is 4.39 Å². The van der Waals surface area contributed by atoms with Crippen molar-refractivity contribution in [3.63, 3.8) is 0 Å². The molecule has 19 heavy (non-hydrogen) atoms. The lowest BCUT2D eigenvalue weighted by Crippen LogP contribution is -2.11. The third-order valence-corrected chi connectivity index (χ3v) is 2.87. The molecule has 0 amide bonds. The van der Waals surface area contributed by atoms with E-state index in [9.17, 15) is 4.39 Å². The van der Waals surface area contributed by atoms with Crippen molar-refractivity contribution in [2.45, 2.75) is 19.9 Å². The first-order valence-electron chi connectivity index (χ1n) is 6.37. The maximum absolute atomic E-state index is 13.3. The lowest BCUT2D eigenvalue weighted by atomic mass is 10.2. The van der Waals surface area contributed by atoms with Crippen molar-refractivity contribution >= 4 is 10.9 Å². The molecule has 0 aliphatic heterocycles. The smallest absolute Gasteiger partial charge is 0.124 e. The van der Waals surface area contributed by atoms with E-state index in [0.717, 1.165) is 29.6 Å². The first-order chi connectivity index (χ1) is 9.11. The van der Waals surface area contributed by atoms with Crippen molar-refractivity contribution in [2.75, 3.05) is 20.6 Å². The first kappa shape index (κ1) is 13.6. The van der Waals surface area contributed by atoms with Gasteiger partial charge in [0.1, 0.15) is 12.4 Å². The molecule has 0 fully saturated rings. The molecule has 0 atom stereocenters. The average Bonchev–Trinajstić information content (AvgIpc) is 2.72. The first-order valence-corrected chi connectivity index (χ1v) is 6.37. The summed E-state index contributed by atoms with van der Waals surface area (Å²) in [7, 11) is 3.96. The maximum atomic E-state index is 13.3. The molecule has 0 aliphatic carbocycles. The van der Waals surface area contributed by atoms with E-state index in [2.05, 4.69) is 16.9 Å². The van der Waals surface area contributed by atoms with Crippen molar-refractivity contribution in [2.24, 2.45) is 0 Å². The molecule has 100 valence electrons. The number of aryl methyl sites for hydroxylation is 1. The van der Waals surface area contributed by atoms with Crippen LogP contribution in [0.1, 0.15) is 12.6 Å². The van der Waals surface area contributed by atoms with Gasteiger partial charge in [-0.05, 0) is 38.7 Å². The minimum Gasteiger partial charge on any atom is -0.299 e. The number of halogens is 1. The van der Waals surface area contributed by atoms with Crippen LogP contribution in [0.15, 0.2) is 18.2 Å². The molecule has 1 aromatic carbocycles. The fourth-order valence-corrected chi connectivity index (χ4v) is 1.94. The van der Waals surface area contributed by atoms with Crippen LogP contribution >= 0.6 is 0 Å². The van der Waals surface area contributed by atoms with Crippen LogP contribution in [-0.2, 0) is 13.0 Å². The molecule has 0 radical (unpaired) electrons. The lowest BCUT2D eigenvalue weighted by molar-refractivity contribution is 0.463. The van der Waals surface area contributed by atoms with Gasteiger partial charge in [-0.15, -0.1) is 0 Å². The second-order valence-corrected chi connectivity index (χ2v) is 4.71. The molecule has 2 aromatic rings. The number of hydrogen-bond donors (Lipinski definition) is 0. The standard InChI is InChI=1S/C15H18FN3/c1-4-14-13-11-12(16)7-8-15(13)19(17-14)10-6-5-9-18(2)3/h7-8,11H,4,9-10H2,1-3H3. The van der Waals surface area contributed by atoms with Crippen LogP contribution in [0.5, 0.6) is 0 Å². The molecule has 0 unspecified atom stereocenters. The highest BCUT2D eigenvalue weighted by atomic mass is 19.1. The fraction of sp³-hybridized carbons (Fsp3) is 0.400. The zero-order chi connectivity index (χ0) is 13.8. The summed E-state index contributed by atoms with van der Waals surface area (Å²) in [5, 5.41) is 5.39. The SMILES string of the molecule is CCc1nn(CC#CCN(C)C)c2ccc(F)cc12. The normalized spacial score (nSPS) is 10.8. The summed E-state index contributed by atoms with van der Waals surface area (Å²) in [6.45, 7) is 3.29. The number of aromatic nitrogens is 2. The Labute approximate surface area is 113 Å². The highest BCUT2D eigenvalue weighted by Gasteiger charge is 2.09. The van der Waals surface area contributed by atoms with Crippen LogP contribution in [0.25, 0.3) is 10.9 Å². The minimum absolute atomic E-state index is 0.222. The minimum atomic E-state index is -0.222. The summed E-state index contributed by atoms with van der Waals surface area (Å²) in [5.41, 5.74) is 1.86. The Bertz CT molecular complexity index is 632. The van der Waals surface area contributed by atoms with E-state index in [1.807, 2.05) is 30.6 Å². The largest absolute Gasteiger partial charge is 0.299 e. The topological polar surface area (TPSA) is 21.1 Å². The van der Waals surface area contributed by atoms with Crippen LogP contribution < -0.4 is 0 Å². The van der Waals surface area contributed by atoms with E-state index in [1.165, 1.54) is 6.07 Å². The van der Waals surface area contributed by atoms with Gasteiger partial charge in [-0.1, -0.05) is 18.8 Å². The molecule has 0 saturated carbocycles. The molecule has 0 N–H and O–H groups in total. The summed E-state index contributed by atoms with van der Waals surface area (Å²) in [6, 6.07) is 4.78. The molecular weight excluding hydrogens is 241 g/mol. The molecule has 2 rings (SSSR count). The van der Waals surface area contributed by atoms with Gasteiger partial charge in [0.15, 0.2) is 0 Å². The number of rotatable bonds is 3. The summed E-state index contributed by atoms with van der Waals surface area (Å²) in [6.07, 6.45) is 0.790. The quantitative estimate of drug-likeness (QED) is 0.789. The van der Waals surface area contributed by atoms with Crippen molar-refractivity contribution < 1.29 is 4.39 Å². The summed E-state index contributed by atoms with van der Waals surface area (Å²) in [4.78, 5) is 2.01. The summed E-state index contributed by atoms with van der Waals surface area (Å²) in [5.74, 6) is 5.95. The highest BCUT2D eigenvalue weighted by molar-refractivity contribution is 5.82. The second-order valence-electron chi connectivity index (χ2n) is 4.71. The van der Waals surface area contributed by atoms with Gasteiger partial charge in [-0.3, -0.25) is 9.58 Å². The van der Waals surface area contributed by atoms with Gasteiger partial charge in [-0.2, -0.15) is 5.10 Å². The third-order valence-electron chi connectivity index (χ3n) is 2.87. The Morgan fingerprint density at radius 3 is 2.79 bits per heavy atom. The molecule has 4 heteroatoms. The predicted octanol–water partition coefficient (Wildman–Crippen LogP) is 2.30. The molecular formula is C15H18FN3. The van der Waals surface area contributed by atoms with E-state index in [-0.39, 0.29) is 5.82 Å². The zero-order valence-corrected chi connectivity index (χ0v) is 11.6. The Kier molecular flexibility index (Phi) is 4.18. The van der Waals surface area contributed by atoms with E-state index in [4.69, 9.17) is 0 Å². The van der Waals surface area contributed by atoms with E-state index < -0.39 is 0 Å².